The van der Waals surface area contributed by atoms with Crippen LogP contribution in [0.15, 0.2) is 33.2 Å². The van der Waals surface area contributed by atoms with Crippen molar-refractivity contribution in [1.29, 1.82) is 0 Å². The average molecular weight is 439 g/mol. The fraction of sp³-hybridized carbons (Fsp3) is 0.333. The number of hydrogen-bond donors (Lipinski definition) is 6. The third kappa shape index (κ3) is 5.49. The summed E-state index contributed by atoms with van der Waals surface area (Å²) in [5, 5.41) is 29.7. The van der Waals surface area contributed by atoms with Gasteiger partial charge in [-0.25, -0.2) is 4.79 Å². The van der Waals surface area contributed by atoms with E-state index >= 15 is 0 Å². The number of nitrogens with one attached hydrogen (secondary N) is 3. The van der Waals surface area contributed by atoms with Crippen LogP contribution in [-0.4, -0.2) is 45.7 Å². The molecule has 12 heteroatoms. The van der Waals surface area contributed by atoms with Crippen LogP contribution in [0.4, 0.5) is 11.5 Å². The minimum Gasteiger partial charge on any atom is -0.504 e. The van der Waals surface area contributed by atoms with Crippen molar-refractivity contribution in [2.75, 3.05) is 37.4 Å². The van der Waals surface area contributed by atoms with Gasteiger partial charge in [0.05, 0.1) is 6.73 Å². The summed E-state index contributed by atoms with van der Waals surface area (Å²) in [4.78, 5) is 23.9. The Morgan fingerprint density at radius 1 is 1.20 bits per heavy atom. The highest BCUT2D eigenvalue weighted by atomic mass is 32.2. The molecule has 0 fully saturated rings. The molecule has 164 valence electrons. The Morgan fingerprint density at radius 3 is 2.60 bits per heavy atom. The van der Waals surface area contributed by atoms with E-state index in [2.05, 4.69) is 16.0 Å². The summed E-state index contributed by atoms with van der Waals surface area (Å²) in [7, 11) is 4.61. The molecular weight excluding hydrogens is 412 g/mol. The van der Waals surface area contributed by atoms with Gasteiger partial charge in [0.25, 0.3) is 5.56 Å². The van der Waals surface area contributed by atoms with Crippen molar-refractivity contribution in [1.82, 2.24) is 19.8 Å². The van der Waals surface area contributed by atoms with Crippen molar-refractivity contribution in [2.45, 2.75) is 0 Å². The normalized spacial score (nSPS) is 11.5. The first-order chi connectivity index (χ1) is 14.3. The van der Waals surface area contributed by atoms with Crippen molar-refractivity contribution < 1.29 is 14.9 Å². The number of phenols is 2. The Labute approximate surface area is 177 Å². The number of nitrogens with zero attached hydrogens (tertiary/aromatic N) is 2. The molecule has 2 aromatic rings. The zero-order chi connectivity index (χ0) is 22.3. The van der Waals surface area contributed by atoms with Crippen LogP contribution in [0.1, 0.15) is 5.56 Å². The van der Waals surface area contributed by atoms with Crippen LogP contribution in [0.2, 0.25) is 0 Å². The Bertz CT molecular complexity index is 1030. The van der Waals surface area contributed by atoms with Gasteiger partial charge < -0.3 is 31.3 Å². The molecule has 0 radical (unpaired) electrons. The fourth-order valence-corrected chi connectivity index (χ4v) is 3.17. The molecule has 0 spiro atoms. The lowest BCUT2D eigenvalue weighted by molar-refractivity contribution is 0.137. The van der Waals surface area contributed by atoms with Gasteiger partial charge >= 0.3 is 5.69 Å². The SMILES string of the molecule is CN/C(=C\SCNCOCNc1c(N)n(C)c(=O)n(C)c1=O)c1ccc(O)c(O)c1. The number of phenolic OH excluding ortho intramolecular Hbond substituents is 2. The highest BCUT2D eigenvalue weighted by Crippen LogP contribution is 2.28. The summed E-state index contributed by atoms with van der Waals surface area (Å²) in [6.07, 6.45) is 0. The number of anilines is 2. The minimum atomic E-state index is -0.521. The number of aromatic nitrogens is 2. The standard InChI is InChI=1S/C18H26N6O5S/c1-20-12(11-4-5-13(25)14(26)6-11)7-30-10-21-8-29-9-22-15-16(19)23(2)18(28)24(3)17(15)27/h4-7,20-22,25-26H,8-10,19H2,1-3H3/b12-7-. The maximum absolute atomic E-state index is 12.1. The molecule has 30 heavy (non-hydrogen) atoms. The van der Waals surface area contributed by atoms with Gasteiger partial charge in [-0.1, -0.05) is 0 Å². The van der Waals surface area contributed by atoms with Crippen molar-refractivity contribution in [2.24, 2.45) is 14.1 Å². The quantitative estimate of drug-likeness (QED) is 0.168. The molecule has 0 saturated heterocycles. The molecule has 0 atom stereocenters. The Hall–Kier alpha value is -3.09. The van der Waals surface area contributed by atoms with Crippen LogP contribution in [-0.2, 0) is 18.8 Å². The Kier molecular flexibility index (Phi) is 8.21. The molecule has 1 aromatic heterocycles. The highest BCUT2D eigenvalue weighted by Gasteiger charge is 2.12. The maximum Gasteiger partial charge on any atom is 0.332 e. The molecule has 0 saturated carbocycles. The van der Waals surface area contributed by atoms with Gasteiger partial charge in [0.1, 0.15) is 18.2 Å². The lowest BCUT2D eigenvalue weighted by Gasteiger charge is -2.13. The van der Waals surface area contributed by atoms with E-state index in [1.165, 1.54) is 42.6 Å². The second kappa shape index (κ2) is 10.6. The van der Waals surface area contributed by atoms with E-state index in [4.69, 9.17) is 10.5 Å². The number of thioether (sulfide) groups is 1. The van der Waals surface area contributed by atoms with Crippen LogP contribution in [0.25, 0.3) is 5.70 Å². The van der Waals surface area contributed by atoms with Gasteiger partial charge in [-0.2, -0.15) is 0 Å². The summed E-state index contributed by atoms with van der Waals surface area (Å²) in [5.74, 6) is 0.220. The van der Waals surface area contributed by atoms with E-state index < -0.39 is 11.2 Å². The predicted molar refractivity (Wildman–Crippen MR) is 118 cm³/mol. The molecular formula is C18H26N6O5S. The van der Waals surface area contributed by atoms with Crippen LogP contribution in [0.5, 0.6) is 11.5 Å². The molecule has 1 aromatic carbocycles. The number of nitrogens with two attached hydrogens (primary N) is 1. The molecule has 0 amide bonds. The first-order valence-corrected chi connectivity index (χ1v) is 9.92. The monoisotopic (exact) mass is 438 g/mol. The summed E-state index contributed by atoms with van der Waals surface area (Å²) < 4.78 is 7.52. The second-order valence-electron chi connectivity index (χ2n) is 6.18. The summed E-state index contributed by atoms with van der Waals surface area (Å²) in [5.41, 5.74) is 6.41. The molecule has 11 nitrogen and oxygen atoms in total. The Balaban J connectivity index is 1.77. The summed E-state index contributed by atoms with van der Waals surface area (Å²) in [6, 6.07) is 4.58. The van der Waals surface area contributed by atoms with Crippen molar-refractivity contribution in [3.8, 4) is 11.5 Å². The fourth-order valence-electron chi connectivity index (χ4n) is 2.46. The zero-order valence-corrected chi connectivity index (χ0v) is 17.7. The summed E-state index contributed by atoms with van der Waals surface area (Å²) >= 11 is 1.46. The number of ether oxygens (including phenoxy) is 1. The van der Waals surface area contributed by atoms with Crippen molar-refractivity contribution in [3.05, 3.63) is 50.0 Å². The Morgan fingerprint density at radius 2 is 1.93 bits per heavy atom. The van der Waals surface area contributed by atoms with E-state index in [1.807, 2.05) is 5.41 Å². The van der Waals surface area contributed by atoms with E-state index in [-0.39, 0.29) is 36.5 Å². The largest absolute Gasteiger partial charge is 0.504 e. The predicted octanol–water partition coefficient (Wildman–Crippen LogP) is -0.0808. The molecule has 0 aliphatic rings. The van der Waals surface area contributed by atoms with Gasteiger partial charge in [-0.3, -0.25) is 19.2 Å². The summed E-state index contributed by atoms with van der Waals surface area (Å²) in [6.45, 7) is 0.244. The number of aromatic hydroxyl groups is 2. The van der Waals surface area contributed by atoms with Crippen molar-refractivity contribution in [3.63, 3.8) is 0 Å². The number of benzene rings is 1. The van der Waals surface area contributed by atoms with E-state index in [0.29, 0.717) is 5.88 Å². The molecule has 0 aliphatic heterocycles. The number of nitrogen functional groups attached to an aromatic ring is 1. The van der Waals surface area contributed by atoms with Crippen LogP contribution >= 0.6 is 11.8 Å². The van der Waals surface area contributed by atoms with Crippen LogP contribution in [0, 0.1) is 0 Å². The van der Waals surface area contributed by atoms with Gasteiger partial charge in [0.15, 0.2) is 11.5 Å². The van der Waals surface area contributed by atoms with Gasteiger partial charge in [-0.05, 0) is 23.6 Å². The lowest BCUT2D eigenvalue weighted by Crippen LogP contribution is -2.40. The first-order valence-electron chi connectivity index (χ1n) is 8.87. The average Bonchev–Trinajstić information content (AvgIpc) is 2.74. The topological polar surface area (TPSA) is 156 Å². The minimum absolute atomic E-state index is 0.0275. The third-order valence-corrected chi connectivity index (χ3v) is 4.98. The lowest BCUT2D eigenvalue weighted by atomic mass is 10.1. The highest BCUT2D eigenvalue weighted by molar-refractivity contribution is 8.02. The van der Waals surface area contributed by atoms with Crippen LogP contribution < -0.4 is 32.9 Å². The molecule has 0 bridgehead atoms. The van der Waals surface area contributed by atoms with Crippen LogP contribution in [0.3, 0.4) is 0 Å². The van der Waals surface area contributed by atoms with Gasteiger partial charge in [-0.15, -0.1) is 11.8 Å². The number of rotatable bonds is 10. The molecule has 1 heterocycles. The third-order valence-electron chi connectivity index (χ3n) is 4.21. The molecule has 0 unspecified atom stereocenters. The molecule has 0 aliphatic carbocycles. The van der Waals surface area contributed by atoms with Crippen molar-refractivity contribution >= 4 is 29.0 Å². The number of hydrogen-bond acceptors (Lipinski definition) is 10. The second-order valence-corrected chi connectivity index (χ2v) is 7.04. The maximum atomic E-state index is 12.1. The van der Waals surface area contributed by atoms with Gasteiger partial charge in [0.2, 0.25) is 0 Å². The van der Waals surface area contributed by atoms with E-state index in [9.17, 15) is 19.8 Å². The van der Waals surface area contributed by atoms with E-state index in [1.54, 1.807) is 13.1 Å². The molecule has 2 rings (SSSR count). The zero-order valence-electron chi connectivity index (χ0n) is 16.9. The first kappa shape index (κ1) is 23.2. The smallest absolute Gasteiger partial charge is 0.332 e. The molecule has 7 N–H and O–H groups in total. The van der Waals surface area contributed by atoms with E-state index in [0.717, 1.165) is 15.8 Å². The van der Waals surface area contributed by atoms with Gasteiger partial charge in [0, 0.05) is 38.3 Å².